The fraction of sp³-hybridized carbons (Fsp3) is 0.0909. The Kier molecular flexibility index (Phi) is 5.87. The fourth-order valence-electron chi connectivity index (χ4n) is 2.69. The topological polar surface area (TPSA) is 33.2 Å². The third kappa shape index (κ3) is 4.41. The van der Waals surface area contributed by atoms with Crippen LogP contribution in [0.4, 0.5) is 0 Å². The van der Waals surface area contributed by atoms with Gasteiger partial charge in [0.1, 0.15) is 5.03 Å². The predicted molar refractivity (Wildman–Crippen MR) is 108 cm³/mol. The summed E-state index contributed by atoms with van der Waals surface area (Å²) in [6.45, 7) is 6.15. The van der Waals surface area contributed by atoms with Crippen LogP contribution in [0.15, 0.2) is 102 Å². The summed E-state index contributed by atoms with van der Waals surface area (Å²) in [4.78, 5) is 18.9. The van der Waals surface area contributed by atoms with E-state index in [9.17, 15) is 4.79 Å². The molecule has 0 saturated heterocycles. The number of allylic oxidation sites excluding steroid dienone is 5. The number of carbonyl (C=O) groups excluding carboxylic acids is 1. The summed E-state index contributed by atoms with van der Waals surface area (Å²) in [5.41, 5.74) is 3.92. The van der Waals surface area contributed by atoms with Crippen LogP contribution in [0.1, 0.15) is 18.9 Å². The first-order chi connectivity index (χ1) is 12.6. The van der Waals surface area contributed by atoms with E-state index in [4.69, 9.17) is 0 Å². The highest BCUT2D eigenvalue weighted by Crippen LogP contribution is 2.30. The Morgan fingerprint density at radius 2 is 1.88 bits per heavy atom. The van der Waals surface area contributed by atoms with Crippen LogP contribution in [-0.4, -0.2) is 15.0 Å². The minimum absolute atomic E-state index is 0.0461. The fourth-order valence-corrected chi connectivity index (χ4v) is 3.39. The molecule has 1 aliphatic heterocycles. The van der Waals surface area contributed by atoms with Crippen molar-refractivity contribution < 1.29 is 4.79 Å². The monoisotopic (exact) mass is 360 g/mol. The first kappa shape index (κ1) is 18.0. The number of aromatic nitrogens is 1. The van der Waals surface area contributed by atoms with E-state index < -0.39 is 0 Å². The third-order valence-corrected chi connectivity index (χ3v) is 4.87. The van der Waals surface area contributed by atoms with E-state index in [0.29, 0.717) is 11.4 Å². The SMILES string of the molecule is C=C1C=CC=CN1/C(CC(=O)Sc1ccccn1)=C(\C)c1ccccc1. The lowest BCUT2D eigenvalue weighted by atomic mass is 10.0. The molecule has 26 heavy (non-hydrogen) atoms. The van der Waals surface area contributed by atoms with E-state index >= 15 is 0 Å². The van der Waals surface area contributed by atoms with Crippen molar-refractivity contribution in [2.45, 2.75) is 18.4 Å². The summed E-state index contributed by atoms with van der Waals surface area (Å²) in [7, 11) is 0. The molecule has 0 unspecified atom stereocenters. The Bertz CT molecular complexity index is 883. The predicted octanol–water partition coefficient (Wildman–Crippen LogP) is 5.42. The highest BCUT2D eigenvalue weighted by molar-refractivity contribution is 8.13. The number of pyridine rings is 1. The lowest BCUT2D eigenvalue weighted by Gasteiger charge is -2.27. The van der Waals surface area contributed by atoms with Crippen LogP contribution >= 0.6 is 11.8 Å². The largest absolute Gasteiger partial charge is 0.321 e. The molecule has 1 aliphatic rings. The van der Waals surface area contributed by atoms with Gasteiger partial charge in [-0.05, 0) is 54.1 Å². The number of benzene rings is 1. The van der Waals surface area contributed by atoms with Crippen molar-refractivity contribution in [3.63, 3.8) is 0 Å². The molecule has 0 atom stereocenters. The molecule has 2 aromatic rings. The Morgan fingerprint density at radius 3 is 2.58 bits per heavy atom. The minimum atomic E-state index is 0.0461. The Hall–Kier alpha value is -2.85. The molecular formula is C22H20N2OS. The number of hydrogen-bond acceptors (Lipinski definition) is 4. The number of nitrogens with zero attached hydrogens (tertiary/aromatic N) is 2. The maximum Gasteiger partial charge on any atom is 0.201 e. The second-order valence-electron chi connectivity index (χ2n) is 5.82. The number of thioether (sulfide) groups is 1. The summed E-state index contributed by atoms with van der Waals surface area (Å²) in [6, 6.07) is 15.7. The smallest absolute Gasteiger partial charge is 0.201 e. The van der Waals surface area contributed by atoms with Gasteiger partial charge in [-0.1, -0.05) is 49.1 Å². The van der Waals surface area contributed by atoms with E-state index in [1.54, 1.807) is 6.20 Å². The summed E-state index contributed by atoms with van der Waals surface area (Å²) in [5, 5.41) is 0.756. The zero-order valence-corrected chi connectivity index (χ0v) is 15.4. The second-order valence-corrected chi connectivity index (χ2v) is 6.90. The van der Waals surface area contributed by atoms with Gasteiger partial charge in [-0.2, -0.15) is 0 Å². The van der Waals surface area contributed by atoms with Crippen LogP contribution in [0.2, 0.25) is 0 Å². The van der Waals surface area contributed by atoms with Crippen LogP contribution in [-0.2, 0) is 4.79 Å². The average molecular weight is 360 g/mol. The van der Waals surface area contributed by atoms with Gasteiger partial charge in [0.15, 0.2) is 0 Å². The molecule has 130 valence electrons. The number of hydrogen-bond donors (Lipinski definition) is 0. The van der Waals surface area contributed by atoms with Crippen LogP contribution in [0.3, 0.4) is 0 Å². The molecular weight excluding hydrogens is 340 g/mol. The van der Waals surface area contributed by atoms with E-state index in [1.807, 2.05) is 72.6 Å². The first-order valence-corrected chi connectivity index (χ1v) is 9.16. The van der Waals surface area contributed by atoms with Crippen molar-refractivity contribution in [2.24, 2.45) is 0 Å². The minimum Gasteiger partial charge on any atom is -0.321 e. The van der Waals surface area contributed by atoms with Gasteiger partial charge in [-0.25, -0.2) is 4.98 Å². The van der Waals surface area contributed by atoms with E-state index in [2.05, 4.69) is 23.7 Å². The molecule has 0 amide bonds. The lowest BCUT2D eigenvalue weighted by molar-refractivity contribution is -0.110. The van der Waals surface area contributed by atoms with Crippen LogP contribution < -0.4 is 0 Å². The van der Waals surface area contributed by atoms with Gasteiger partial charge in [-0.3, -0.25) is 4.79 Å². The first-order valence-electron chi connectivity index (χ1n) is 8.35. The van der Waals surface area contributed by atoms with Crippen LogP contribution in [0.25, 0.3) is 5.57 Å². The zero-order chi connectivity index (χ0) is 18.4. The quantitative estimate of drug-likeness (QED) is 0.667. The summed E-state index contributed by atoms with van der Waals surface area (Å²) in [5.74, 6) is 0. The molecule has 0 aliphatic carbocycles. The van der Waals surface area contributed by atoms with Crippen molar-refractivity contribution in [1.82, 2.24) is 9.88 Å². The molecule has 0 saturated carbocycles. The van der Waals surface area contributed by atoms with Gasteiger partial charge in [0.05, 0.1) is 6.42 Å². The molecule has 1 aromatic carbocycles. The lowest BCUT2D eigenvalue weighted by Crippen LogP contribution is -2.19. The molecule has 1 aromatic heterocycles. The van der Waals surface area contributed by atoms with Gasteiger partial charge in [0.25, 0.3) is 0 Å². The molecule has 2 heterocycles. The molecule has 3 rings (SSSR count). The Labute approximate surface area is 158 Å². The molecule has 0 fully saturated rings. The summed E-state index contributed by atoms with van der Waals surface area (Å²) < 4.78 is 0. The molecule has 4 heteroatoms. The maximum atomic E-state index is 12.7. The van der Waals surface area contributed by atoms with Gasteiger partial charge in [0.2, 0.25) is 5.12 Å². The molecule has 0 radical (unpaired) electrons. The van der Waals surface area contributed by atoms with Crippen molar-refractivity contribution in [1.29, 1.82) is 0 Å². The van der Waals surface area contributed by atoms with Gasteiger partial charge < -0.3 is 4.90 Å². The molecule has 0 N–H and O–H groups in total. The summed E-state index contributed by atoms with van der Waals surface area (Å²) in [6.07, 6.45) is 9.76. The standard InChI is InChI=1S/C22H20N2OS/c1-17-10-7-9-15-24(17)20(18(2)19-11-4-3-5-12-19)16-22(25)26-21-13-6-8-14-23-21/h3-15H,1,16H2,2H3/b20-18+. The van der Waals surface area contributed by atoms with Crippen molar-refractivity contribution in [2.75, 3.05) is 0 Å². The normalized spacial score (nSPS) is 14.3. The molecule has 0 bridgehead atoms. The third-order valence-electron chi connectivity index (χ3n) is 4.04. The van der Waals surface area contributed by atoms with Crippen molar-refractivity contribution in [3.05, 3.63) is 103 Å². The molecule has 3 nitrogen and oxygen atoms in total. The van der Waals surface area contributed by atoms with Crippen molar-refractivity contribution in [3.8, 4) is 0 Å². The average Bonchev–Trinajstić information content (AvgIpc) is 2.68. The zero-order valence-electron chi connectivity index (χ0n) is 14.6. The highest BCUT2D eigenvalue weighted by atomic mass is 32.2. The highest BCUT2D eigenvalue weighted by Gasteiger charge is 2.19. The van der Waals surface area contributed by atoms with E-state index in [1.165, 1.54) is 11.8 Å². The van der Waals surface area contributed by atoms with Crippen LogP contribution in [0.5, 0.6) is 0 Å². The Morgan fingerprint density at radius 1 is 1.12 bits per heavy atom. The Balaban J connectivity index is 1.91. The van der Waals surface area contributed by atoms with Crippen molar-refractivity contribution >= 4 is 22.5 Å². The van der Waals surface area contributed by atoms with Crippen LogP contribution in [0, 0.1) is 0 Å². The molecule has 0 spiro atoms. The van der Waals surface area contributed by atoms with Gasteiger partial charge in [-0.15, -0.1) is 0 Å². The number of carbonyl (C=O) groups is 1. The second kappa shape index (κ2) is 8.50. The van der Waals surface area contributed by atoms with Gasteiger partial charge in [0, 0.05) is 23.8 Å². The van der Waals surface area contributed by atoms with E-state index in [-0.39, 0.29) is 5.12 Å². The van der Waals surface area contributed by atoms with Gasteiger partial charge >= 0.3 is 0 Å². The maximum absolute atomic E-state index is 12.7. The van der Waals surface area contributed by atoms with E-state index in [0.717, 1.165) is 22.5 Å². The summed E-state index contributed by atoms with van der Waals surface area (Å²) >= 11 is 1.17. The number of rotatable bonds is 5.